The second kappa shape index (κ2) is 7.13. The van der Waals surface area contributed by atoms with Crippen LogP contribution >= 0.6 is 0 Å². The van der Waals surface area contributed by atoms with E-state index in [1.54, 1.807) is 11.1 Å². The first kappa shape index (κ1) is 16.8. The van der Waals surface area contributed by atoms with Gasteiger partial charge in [-0.05, 0) is 97.9 Å². The van der Waals surface area contributed by atoms with Gasteiger partial charge < -0.3 is 0 Å². The van der Waals surface area contributed by atoms with Gasteiger partial charge in [0.2, 0.25) is 0 Å². The zero-order valence-corrected chi connectivity index (χ0v) is 15.1. The van der Waals surface area contributed by atoms with Crippen molar-refractivity contribution >= 4 is 0 Å². The molecule has 0 atom stereocenters. The molecule has 0 heteroatoms. The van der Waals surface area contributed by atoms with E-state index in [4.69, 9.17) is 0 Å². The lowest BCUT2D eigenvalue weighted by molar-refractivity contribution is 0.897. The highest BCUT2D eigenvalue weighted by Crippen LogP contribution is 2.23. The smallest absolute Gasteiger partial charge is 0.0235 e. The third kappa shape index (κ3) is 3.27. The maximum Gasteiger partial charge on any atom is -0.0235 e. The molecule has 118 valence electrons. The zero-order valence-electron chi connectivity index (χ0n) is 15.1. The minimum absolute atomic E-state index is 1.14. The molecule has 0 heterocycles. The van der Waals surface area contributed by atoms with Gasteiger partial charge in [0.05, 0.1) is 0 Å². The van der Waals surface area contributed by atoms with E-state index < -0.39 is 0 Å². The third-order valence-electron chi connectivity index (χ3n) is 5.30. The van der Waals surface area contributed by atoms with Gasteiger partial charge in [0.1, 0.15) is 0 Å². The minimum Gasteiger partial charge on any atom is -0.0613 e. The predicted octanol–water partition coefficient (Wildman–Crippen LogP) is 5.83. The molecule has 0 amide bonds. The molecule has 2 aromatic rings. The summed E-state index contributed by atoms with van der Waals surface area (Å²) in [4.78, 5) is 0. The summed E-state index contributed by atoms with van der Waals surface area (Å²) in [5.41, 5.74) is 12.0. The molecule has 0 spiro atoms. The molecule has 0 aliphatic rings. The Morgan fingerprint density at radius 1 is 0.591 bits per heavy atom. The van der Waals surface area contributed by atoms with E-state index in [0.717, 1.165) is 25.7 Å². The molecule has 2 rings (SSSR count). The molecule has 22 heavy (non-hydrogen) atoms. The van der Waals surface area contributed by atoms with Crippen LogP contribution < -0.4 is 0 Å². The summed E-state index contributed by atoms with van der Waals surface area (Å²) in [7, 11) is 0. The van der Waals surface area contributed by atoms with Crippen molar-refractivity contribution in [3.63, 3.8) is 0 Å². The van der Waals surface area contributed by atoms with Crippen LogP contribution in [0.15, 0.2) is 24.3 Å². The zero-order chi connectivity index (χ0) is 16.3. The van der Waals surface area contributed by atoms with Gasteiger partial charge in [-0.25, -0.2) is 0 Å². The molecule has 0 fully saturated rings. The molecule has 0 bridgehead atoms. The highest BCUT2D eigenvalue weighted by molar-refractivity contribution is 5.42. The Balaban J connectivity index is 2.28. The van der Waals surface area contributed by atoms with Crippen LogP contribution in [0.2, 0.25) is 0 Å². The fourth-order valence-corrected chi connectivity index (χ4v) is 3.58. The van der Waals surface area contributed by atoms with Crippen molar-refractivity contribution < 1.29 is 0 Å². The Morgan fingerprint density at radius 3 is 1.27 bits per heavy atom. The van der Waals surface area contributed by atoms with Crippen LogP contribution in [0.1, 0.15) is 58.4 Å². The van der Waals surface area contributed by atoms with Crippen molar-refractivity contribution in [3.8, 4) is 0 Å². The highest BCUT2D eigenvalue weighted by Gasteiger charge is 2.10. The standard InChI is InChI=1S/C22H30/c1-7-21-17(5)15(3)9-11-19(21)13-14-20-12-10-16(4)18(6)22(20)8-2/h9-12H,7-8,13-14H2,1-6H3. The molecule has 0 saturated carbocycles. The van der Waals surface area contributed by atoms with Crippen LogP contribution in [0.25, 0.3) is 0 Å². The topological polar surface area (TPSA) is 0 Å². The quantitative estimate of drug-likeness (QED) is 0.651. The van der Waals surface area contributed by atoms with E-state index in [2.05, 4.69) is 65.8 Å². The van der Waals surface area contributed by atoms with Crippen molar-refractivity contribution in [3.05, 3.63) is 68.8 Å². The van der Waals surface area contributed by atoms with Gasteiger partial charge in [0.15, 0.2) is 0 Å². The first-order valence-electron chi connectivity index (χ1n) is 8.65. The van der Waals surface area contributed by atoms with Gasteiger partial charge in [-0.3, -0.25) is 0 Å². The van der Waals surface area contributed by atoms with E-state index in [1.165, 1.54) is 33.4 Å². The monoisotopic (exact) mass is 294 g/mol. The Morgan fingerprint density at radius 2 is 0.955 bits per heavy atom. The van der Waals surface area contributed by atoms with E-state index in [9.17, 15) is 0 Å². The van der Waals surface area contributed by atoms with Gasteiger partial charge in [-0.1, -0.05) is 38.1 Å². The molecule has 0 aromatic heterocycles. The molecule has 0 aliphatic carbocycles. The fourth-order valence-electron chi connectivity index (χ4n) is 3.58. The average Bonchev–Trinajstić information content (AvgIpc) is 2.51. The predicted molar refractivity (Wildman–Crippen MR) is 98.0 cm³/mol. The van der Waals surface area contributed by atoms with Crippen molar-refractivity contribution in [1.29, 1.82) is 0 Å². The second-order valence-electron chi connectivity index (χ2n) is 6.50. The summed E-state index contributed by atoms with van der Waals surface area (Å²) in [6.45, 7) is 13.5. The number of hydrogen-bond acceptors (Lipinski definition) is 0. The lowest BCUT2D eigenvalue weighted by atomic mass is 9.89. The van der Waals surface area contributed by atoms with Crippen LogP contribution in [0.3, 0.4) is 0 Å². The summed E-state index contributed by atoms with van der Waals surface area (Å²) < 4.78 is 0. The Kier molecular flexibility index (Phi) is 5.45. The first-order chi connectivity index (χ1) is 10.5. The summed E-state index contributed by atoms with van der Waals surface area (Å²) in [5, 5.41) is 0. The van der Waals surface area contributed by atoms with E-state index in [1.807, 2.05) is 0 Å². The third-order valence-corrected chi connectivity index (χ3v) is 5.30. The van der Waals surface area contributed by atoms with Crippen molar-refractivity contribution in [2.75, 3.05) is 0 Å². The first-order valence-corrected chi connectivity index (χ1v) is 8.65. The van der Waals surface area contributed by atoms with Crippen LogP contribution in [0.4, 0.5) is 0 Å². The van der Waals surface area contributed by atoms with E-state index in [-0.39, 0.29) is 0 Å². The number of benzene rings is 2. The Hall–Kier alpha value is -1.56. The van der Waals surface area contributed by atoms with Crippen molar-refractivity contribution in [2.24, 2.45) is 0 Å². The van der Waals surface area contributed by atoms with Crippen LogP contribution in [0.5, 0.6) is 0 Å². The average molecular weight is 294 g/mol. The molecule has 0 saturated heterocycles. The van der Waals surface area contributed by atoms with Gasteiger partial charge in [-0.15, -0.1) is 0 Å². The van der Waals surface area contributed by atoms with Gasteiger partial charge >= 0.3 is 0 Å². The molecule has 0 radical (unpaired) electrons. The van der Waals surface area contributed by atoms with Crippen molar-refractivity contribution in [1.82, 2.24) is 0 Å². The lowest BCUT2D eigenvalue weighted by Crippen LogP contribution is -2.03. The summed E-state index contributed by atoms with van der Waals surface area (Å²) >= 11 is 0. The summed E-state index contributed by atoms with van der Waals surface area (Å²) in [6, 6.07) is 9.25. The van der Waals surface area contributed by atoms with Gasteiger partial charge in [0.25, 0.3) is 0 Å². The largest absolute Gasteiger partial charge is 0.0613 e. The van der Waals surface area contributed by atoms with Gasteiger partial charge in [0, 0.05) is 0 Å². The van der Waals surface area contributed by atoms with Crippen LogP contribution in [-0.4, -0.2) is 0 Å². The SMILES string of the molecule is CCc1c(CCc2ccc(C)c(C)c2CC)ccc(C)c1C. The Labute approximate surface area is 136 Å². The van der Waals surface area contributed by atoms with Crippen molar-refractivity contribution in [2.45, 2.75) is 67.2 Å². The maximum absolute atomic E-state index is 2.34. The van der Waals surface area contributed by atoms with Crippen LogP contribution in [-0.2, 0) is 25.7 Å². The number of aryl methyl sites for hydroxylation is 4. The molecule has 0 aliphatic heterocycles. The molecule has 0 unspecified atom stereocenters. The molecule has 0 N–H and O–H groups in total. The number of rotatable bonds is 5. The molecular formula is C22H30. The lowest BCUT2D eigenvalue weighted by Gasteiger charge is -2.16. The van der Waals surface area contributed by atoms with Gasteiger partial charge in [-0.2, -0.15) is 0 Å². The fraction of sp³-hybridized carbons (Fsp3) is 0.455. The van der Waals surface area contributed by atoms with E-state index in [0.29, 0.717) is 0 Å². The van der Waals surface area contributed by atoms with Crippen LogP contribution in [0, 0.1) is 27.7 Å². The normalized spacial score (nSPS) is 11.0. The number of hydrogen-bond donors (Lipinski definition) is 0. The maximum atomic E-state index is 2.34. The summed E-state index contributed by atoms with van der Waals surface area (Å²) in [6.07, 6.45) is 4.58. The highest BCUT2D eigenvalue weighted by atomic mass is 14.1. The molecule has 2 aromatic carbocycles. The molecule has 0 nitrogen and oxygen atoms in total. The molecular weight excluding hydrogens is 264 g/mol. The second-order valence-corrected chi connectivity index (χ2v) is 6.50. The Bertz CT molecular complexity index is 603. The minimum atomic E-state index is 1.14. The summed E-state index contributed by atoms with van der Waals surface area (Å²) in [5.74, 6) is 0. The van der Waals surface area contributed by atoms with E-state index >= 15 is 0 Å².